The summed E-state index contributed by atoms with van der Waals surface area (Å²) in [7, 11) is 0. The van der Waals surface area contributed by atoms with E-state index in [4.69, 9.17) is 4.98 Å². The van der Waals surface area contributed by atoms with E-state index in [1.807, 2.05) is 0 Å². The van der Waals surface area contributed by atoms with Crippen LogP contribution in [0, 0.1) is 0 Å². The lowest BCUT2D eigenvalue weighted by atomic mass is 9.73. The molecule has 4 heterocycles. The van der Waals surface area contributed by atoms with Crippen molar-refractivity contribution in [2.24, 2.45) is 0 Å². The average molecular weight is 839 g/mol. The molecule has 306 valence electrons. The largest absolute Gasteiger partial charge is 0.309 e. The summed E-state index contributed by atoms with van der Waals surface area (Å²) < 4.78 is 7.22. The van der Waals surface area contributed by atoms with Crippen molar-refractivity contribution < 1.29 is 0 Å². The summed E-state index contributed by atoms with van der Waals surface area (Å²) in [5.74, 6) is 1.06. The van der Waals surface area contributed by atoms with Crippen molar-refractivity contribution >= 4 is 54.6 Å². The monoisotopic (exact) mass is 838 g/mol. The molecule has 4 nitrogen and oxygen atoms in total. The SMILES string of the molecule is c1ccc(-n2c3ccccc3c3cc(-c4ccc5c(c4)c4cc(-c6cccc7c6-c6ccccc6C76c7ccccc7-n7c6nc6ccccc67)ccc4n5-c4ccccc4)ccc32)cc1. The molecule has 0 fully saturated rings. The number of para-hydroxylation sites is 6. The van der Waals surface area contributed by atoms with Crippen LogP contribution in [-0.2, 0) is 5.41 Å². The summed E-state index contributed by atoms with van der Waals surface area (Å²) in [5.41, 5.74) is 21.1. The van der Waals surface area contributed by atoms with Crippen LogP contribution >= 0.6 is 0 Å². The fraction of sp³-hybridized carbons (Fsp3) is 0.0161. The molecule has 13 aromatic rings. The van der Waals surface area contributed by atoms with Crippen molar-refractivity contribution in [3.8, 4) is 50.4 Å². The summed E-state index contributed by atoms with van der Waals surface area (Å²) in [5, 5.41) is 4.95. The van der Waals surface area contributed by atoms with Gasteiger partial charge in [-0.2, -0.15) is 0 Å². The minimum atomic E-state index is -0.561. The fourth-order valence-corrected chi connectivity index (χ4v) is 12.0. The van der Waals surface area contributed by atoms with E-state index in [0.717, 1.165) is 28.2 Å². The van der Waals surface area contributed by atoms with Gasteiger partial charge in [-0.25, -0.2) is 4.98 Å². The molecule has 1 spiro atoms. The summed E-state index contributed by atoms with van der Waals surface area (Å²) in [6.45, 7) is 0. The third-order valence-corrected chi connectivity index (χ3v) is 14.6. The van der Waals surface area contributed by atoms with E-state index < -0.39 is 5.41 Å². The zero-order valence-corrected chi connectivity index (χ0v) is 35.7. The van der Waals surface area contributed by atoms with Crippen LogP contribution in [0.1, 0.15) is 22.5 Å². The normalized spacial score (nSPS) is 14.7. The van der Waals surface area contributed by atoms with Gasteiger partial charge in [0.05, 0.1) is 38.8 Å². The lowest BCUT2D eigenvalue weighted by Crippen LogP contribution is -2.27. The molecule has 3 aromatic heterocycles. The maximum atomic E-state index is 5.49. The van der Waals surface area contributed by atoms with Crippen molar-refractivity contribution in [1.29, 1.82) is 0 Å². The minimum absolute atomic E-state index is 0.561. The molecule has 1 aliphatic heterocycles. The second-order valence-corrected chi connectivity index (χ2v) is 17.9. The topological polar surface area (TPSA) is 27.7 Å². The highest BCUT2D eigenvalue weighted by Crippen LogP contribution is 2.62. The predicted molar refractivity (Wildman–Crippen MR) is 271 cm³/mol. The molecule has 10 aromatic carbocycles. The van der Waals surface area contributed by atoms with Gasteiger partial charge in [0.25, 0.3) is 0 Å². The average Bonchev–Trinajstić information content (AvgIpc) is 4.17. The van der Waals surface area contributed by atoms with Crippen molar-refractivity contribution in [2.75, 3.05) is 0 Å². The Kier molecular flexibility index (Phi) is 7.12. The first-order valence-corrected chi connectivity index (χ1v) is 22.8. The Balaban J connectivity index is 0.957. The molecule has 0 N–H and O–H groups in total. The predicted octanol–water partition coefficient (Wildman–Crippen LogP) is 15.2. The standard InChI is InChI=1S/C62H38N4/c1-3-16-42(17-4-1)64-54-27-12-8-20-45(54)47-36-39(30-33-55(47)64)40-31-34-56-48(37-40)49-38-41(32-35-57(49)65(56)43-18-5-2-6-19-43)44-22-15-25-52-60(44)46-21-7-9-23-50(46)62(52)51-24-10-13-28-58(51)66-59-29-14-11-26-53(59)63-61(62)66/h1-38H. The van der Waals surface area contributed by atoms with E-state index in [9.17, 15) is 0 Å². The molecule has 1 atom stereocenters. The molecule has 2 aliphatic rings. The zero-order valence-electron chi connectivity index (χ0n) is 35.7. The second kappa shape index (κ2) is 13.2. The van der Waals surface area contributed by atoms with Gasteiger partial charge in [-0.15, -0.1) is 0 Å². The number of benzene rings is 10. The zero-order chi connectivity index (χ0) is 43.1. The van der Waals surface area contributed by atoms with Gasteiger partial charge < -0.3 is 9.13 Å². The van der Waals surface area contributed by atoms with E-state index in [1.54, 1.807) is 0 Å². The van der Waals surface area contributed by atoms with Crippen LogP contribution in [0.3, 0.4) is 0 Å². The van der Waals surface area contributed by atoms with Crippen LogP contribution in [-0.4, -0.2) is 18.7 Å². The number of imidazole rings is 1. The number of rotatable bonds is 4. The Morgan fingerprint density at radius 1 is 0.318 bits per heavy atom. The van der Waals surface area contributed by atoms with E-state index in [2.05, 4.69) is 244 Å². The quantitative estimate of drug-likeness (QED) is 0.173. The molecule has 4 heteroatoms. The molecule has 0 radical (unpaired) electrons. The first-order valence-electron chi connectivity index (χ1n) is 22.8. The Morgan fingerprint density at radius 3 is 1.53 bits per heavy atom. The van der Waals surface area contributed by atoms with Crippen molar-refractivity contribution in [3.63, 3.8) is 0 Å². The second-order valence-electron chi connectivity index (χ2n) is 17.9. The highest BCUT2D eigenvalue weighted by atomic mass is 15.1. The summed E-state index contributed by atoms with van der Waals surface area (Å²) in [6, 6.07) is 84.8. The molecule has 15 rings (SSSR count). The lowest BCUT2D eigenvalue weighted by Gasteiger charge is -2.27. The summed E-state index contributed by atoms with van der Waals surface area (Å²) >= 11 is 0. The van der Waals surface area contributed by atoms with Gasteiger partial charge in [-0.3, -0.25) is 4.57 Å². The Bertz CT molecular complexity index is 4170. The van der Waals surface area contributed by atoms with Crippen LogP contribution in [0.25, 0.3) is 105 Å². The van der Waals surface area contributed by atoms with E-state index in [-0.39, 0.29) is 0 Å². The van der Waals surface area contributed by atoms with Gasteiger partial charge in [-0.05, 0) is 135 Å². The lowest BCUT2D eigenvalue weighted by molar-refractivity contribution is 0.738. The van der Waals surface area contributed by atoms with Gasteiger partial charge in [0.2, 0.25) is 0 Å². The molecule has 0 bridgehead atoms. The van der Waals surface area contributed by atoms with Crippen molar-refractivity contribution in [3.05, 3.63) is 253 Å². The van der Waals surface area contributed by atoms with Crippen LogP contribution < -0.4 is 0 Å². The van der Waals surface area contributed by atoms with Crippen molar-refractivity contribution in [1.82, 2.24) is 18.7 Å². The van der Waals surface area contributed by atoms with Crippen LogP contribution in [0.2, 0.25) is 0 Å². The van der Waals surface area contributed by atoms with Gasteiger partial charge in [-0.1, -0.05) is 146 Å². The Hall–Kier alpha value is -8.73. The number of nitrogens with zero attached hydrogens (tertiary/aromatic N) is 4. The molecule has 0 saturated heterocycles. The van der Waals surface area contributed by atoms with Crippen LogP contribution in [0.15, 0.2) is 231 Å². The maximum Gasteiger partial charge on any atom is 0.134 e. The van der Waals surface area contributed by atoms with Gasteiger partial charge in [0.15, 0.2) is 0 Å². The van der Waals surface area contributed by atoms with Gasteiger partial charge in [0, 0.05) is 32.9 Å². The first kappa shape index (κ1) is 35.7. The molecule has 0 amide bonds. The number of hydrogen-bond acceptors (Lipinski definition) is 1. The molecular formula is C62H38N4. The molecule has 0 saturated carbocycles. The maximum absolute atomic E-state index is 5.49. The van der Waals surface area contributed by atoms with Crippen LogP contribution in [0.4, 0.5) is 0 Å². The highest BCUT2D eigenvalue weighted by molar-refractivity contribution is 6.14. The Labute approximate surface area is 380 Å². The highest BCUT2D eigenvalue weighted by Gasteiger charge is 2.54. The van der Waals surface area contributed by atoms with E-state index in [0.29, 0.717) is 0 Å². The number of hydrogen-bond donors (Lipinski definition) is 0. The molecule has 66 heavy (non-hydrogen) atoms. The smallest absolute Gasteiger partial charge is 0.134 e. The summed E-state index contributed by atoms with van der Waals surface area (Å²) in [6.07, 6.45) is 0. The fourth-order valence-electron chi connectivity index (χ4n) is 12.0. The number of fused-ring (bicyclic) bond motifs is 18. The van der Waals surface area contributed by atoms with Gasteiger partial charge in [0.1, 0.15) is 11.2 Å². The third-order valence-electron chi connectivity index (χ3n) is 14.6. The van der Waals surface area contributed by atoms with Crippen LogP contribution in [0.5, 0.6) is 0 Å². The van der Waals surface area contributed by atoms with E-state index >= 15 is 0 Å². The van der Waals surface area contributed by atoms with E-state index in [1.165, 1.54) is 99.4 Å². The first-order chi connectivity index (χ1) is 32.8. The van der Waals surface area contributed by atoms with Gasteiger partial charge >= 0.3 is 0 Å². The Morgan fingerprint density at radius 2 is 0.818 bits per heavy atom. The molecule has 1 aliphatic carbocycles. The number of aromatic nitrogens is 4. The summed E-state index contributed by atoms with van der Waals surface area (Å²) in [4.78, 5) is 5.49. The molecular weight excluding hydrogens is 801 g/mol. The minimum Gasteiger partial charge on any atom is -0.309 e. The molecule has 1 unspecified atom stereocenters. The van der Waals surface area contributed by atoms with Crippen molar-refractivity contribution in [2.45, 2.75) is 5.41 Å². The third kappa shape index (κ3) is 4.59.